The van der Waals surface area contributed by atoms with Crippen molar-refractivity contribution in [1.82, 2.24) is 15.2 Å². The van der Waals surface area contributed by atoms with Gasteiger partial charge in [-0.25, -0.2) is 0 Å². The topological polar surface area (TPSA) is 122 Å². The number of fused-ring (bicyclic) bond motifs is 1. The number of hydrogen-bond donors (Lipinski definition) is 3. The molecule has 198 valence electrons. The number of anilines is 2. The molecule has 0 unspecified atom stereocenters. The number of amides is 3. The number of aromatic nitrogens is 1. The van der Waals surface area contributed by atoms with E-state index in [1.54, 1.807) is 43.1 Å². The van der Waals surface area contributed by atoms with Crippen LogP contribution in [-0.4, -0.2) is 48.5 Å². The van der Waals surface area contributed by atoms with Crippen molar-refractivity contribution >= 4 is 29.1 Å². The van der Waals surface area contributed by atoms with E-state index in [2.05, 4.69) is 22.9 Å². The van der Waals surface area contributed by atoms with Crippen molar-refractivity contribution < 1.29 is 19.1 Å². The lowest BCUT2D eigenvalue weighted by Crippen LogP contribution is -2.41. The van der Waals surface area contributed by atoms with E-state index in [-0.39, 0.29) is 55.7 Å². The van der Waals surface area contributed by atoms with Crippen LogP contribution in [0.3, 0.4) is 0 Å². The number of para-hydroxylation sites is 1. The Labute approximate surface area is 216 Å². The van der Waals surface area contributed by atoms with E-state index in [0.29, 0.717) is 22.7 Å². The van der Waals surface area contributed by atoms with E-state index in [9.17, 15) is 19.2 Å². The van der Waals surface area contributed by atoms with Gasteiger partial charge in [0.05, 0.1) is 12.2 Å². The molecule has 5 rings (SSSR count). The zero-order chi connectivity index (χ0) is 26.5. The highest BCUT2D eigenvalue weighted by molar-refractivity contribution is 6.00. The summed E-state index contributed by atoms with van der Waals surface area (Å²) in [5.41, 5.74) is 1.71. The Morgan fingerprint density at radius 2 is 1.81 bits per heavy atom. The normalized spacial score (nSPS) is 16.1. The zero-order valence-electron chi connectivity index (χ0n) is 21.6. The average molecular weight is 510 g/mol. The molecule has 0 radical (unpaired) electrons. The van der Waals surface area contributed by atoms with Gasteiger partial charge >= 0.3 is 0 Å². The summed E-state index contributed by atoms with van der Waals surface area (Å²) in [6.07, 6.45) is 4.98. The molecule has 0 atom stereocenters. The fourth-order valence-electron chi connectivity index (χ4n) is 3.84. The molecule has 0 bridgehead atoms. The van der Waals surface area contributed by atoms with Gasteiger partial charge in [-0.1, -0.05) is 38.0 Å². The van der Waals surface area contributed by atoms with Gasteiger partial charge in [0.15, 0.2) is 6.61 Å². The molecule has 2 saturated carbocycles. The Morgan fingerprint density at radius 1 is 1.11 bits per heavy atom. The molecular formula is C27H35N5O5. The maximum Gasteiger partial charge on any atom is 0.277 e. The number of benzene rings is 1. The molecule has 0 spiro atoms. The molecule has 1 aromatic heterocycles. The summed E-state index contributed by atoms with van der Waals surface area (Å²) in [6, 6.07) is 9.19. The van der Waals surface area contributed by atoms with Gasteiger partial charge in [0.1, 0.15) is 18.0 Å². The van der Waals surface area contributed by atoms with Gasteiger partial charge in [0.2, 0.25) is 11.8 Å². The van der Waals surface area contributed by atoms with Crippen molar-refractivity contribution in [1.29, 1.82) is 0 Å². The van der Waals surface area contributed by atoms with Crippen LogP contribution < -0.4 is 31.1 Å². The van der Waals surface area contributed by atoms with Gasteiger partial charge in [-0.15, -0.1) is 0 Å². The first kappa shape index (κ1) is 26.2. The molecule has 3 aliphatic rings. The molecular weight excluding hydrogens is 474 g/mol. The second-order valence-corrected chi connectivity index (χ2v) is 10.0. The number of nitrogens with zero attached hydrogens (tertiary/aromatic N) is 2. The number of likely N-dealkylation sites (N-methyl/N-ethyl adjacent to an activating group) is 1. The highest BCUT2D eigenvalue weighted by Gasteiger charge is 2.25. The standard InChI is InChI=1S/C23H27N5O5.C4H8/c1-14-9-17-22(26-20(30)11-27(17)2)23(32)28(14)12-19(29)24-10-15-5-3-4-6-18(15)33-13-21(31)25-16-7-8-16;1-4-2-3-4/h3-6,9,16H,7-8,10-13H2,1-2H3,(H,24,29)(H,25,31)(H,26,30);4H,2-3H2,1H3. The molecule has 2 fully saturated rings. The van der Waals surface area contributed by atoms with Crippen LogP contribution in [-0.2, 0) is 27.5 Å². The van der Waals surface area contributed by atoms with E-state index in [1.165, 1.54) is 17.4 Å². The van der Waals surface area contributed by atoms with Crippen molar-refractivity contribution in [2.45, 2.75) is 58.7 Å². The monoisotopic (exact) mass is 509 g/mol. The van der Waals surface area contributed by atoms with Crippen LogP contribution in [0.4, 0.5) is 11.4 Å². The maximum absolute atomic E-state index is 12.9. The van der Waals surface area contributed by atoms with Crippen LogP contribution in [0.1, 0.15) is 43.9 Å². The second kappa shape index (κ2) is 11.5. The summed E-state index contributed by atoms with van der Waals surface area (Å²) >= 11 is 0. The van der Waals surface area contributed by atoms with E-state index in [4.69, 9.17) is 4.74 Å². The van der Waals surface area contributed by atoms with Crippen LogP contribution in [0, 0.1) is 12.8 Å². The Hall–Kier alpha value is -3.82. The number of ether oxygens (including phenoxy) is 1. The molecule has 37 heavy (non-hydrogen) atoms. The number of hydrogen-bond acceptors (Lipinski definition) is 6. The minimum Gasteiger partial charge on any atom is -0.483 e. The summed E-state index contributed by atoms with van der Waals surface area (Å²) < 4.78 is 6.97. The molecule has 2 aliphatic carbocycles. The van der Waals surface area contributed by atoms with Crippen molar-refractivity contribution in [3.8, 4) is 5.75 Å². The zero-order valence-corrected chi connectivity index (χ0v) is 21.6. The molecule has 1 aliphatic heterocycles. The van der Waals surface area contributed by atoms with Crippen LogP contribution >= 0.6 is 0 Å². The predicted molar refractivity (Wildman–Crippen MR) is 141 cm³/mol. The van der Waals surface area contributed by atoms with Gasteiger partial charge < -0.3 is 30.2 Å². The van der Waals surface area contributed by atoms with Crippen molar-refractivity contribution in [2.24, 2.45) is 5.92 Å². The summed E-state index contributed by atoms with van der Waals surface area (Å²) in [5, 5.41) is 8.26. The fraction of sp³-hybridized carbons (Fsp3) is 0.481. The van der Waals surface area contributed by atoms with Crippen molar-refractivity contribution in [2.75, 3.05) is 30.4 Å². The number of rotatable bonds is 8. The second-order valence-electron chi connectivity index (χ2n) is 10.0. The SMILES string of the molecule is CC1CC1.Cc1cc2c(c(=O)n1CC(=O)NCc1ccccc1OCC(=O)NC1CC1)NC(=O)CN2C. The van der Waals surface area contributed by atoms with Crippen LogP contribution in [0.15, 0.2) is 35.1 Å². The first-order chi connectivity index (χ1) is 17.7. The molecule has 10 nitrogen and oxygen atoms in total. The van der Waals surface area contributed by atoms with Crippen molar-refractivity contribution in [3.05, 3.63) is 51.9 Å². The van der Waals surface area contributed by atoms with Crippen molar-refractivity contribution in [3.63, 3.8) is 0 Å². The van der Waals surface area contributed by atoms with Crippen LogP contribution in [0.25, 0.3) is 0 Å². The number of carbonyl (C=O) groups excluding carboxylic acids is 3. The van der Waals surface area contributed by atoms with Crippen LogP contribution in [0.2, 0.25) is 0 Å². The Morgan fingerprint density at radius 3 is 2.49 bits per heavy atom. The highest BCUT2D eigenvalue weighted by Crippen LogP contribution is 2.27. The van der Waals surface area contributed by atoms with E-state index < -0.39 is 5.56 Å². The Bertz CT molecular complexity index is 1230. The number of aryl methyl sites for hydroxylation is 1. The largest absolute Gasteiger partial charge is 0.483 e. The Kier molecular flexibility index (Phi) is 8.15. The smallest absolute Gasteiger partial charge is 0.277 e. The molecule has 1 aromatic carbocycles. The molecule has 2 heterocycles. The maximum atomic E-state index is 12.9. The minimum atomic E-state index is -0.426. The van der Waals surface area contributed by atoms with E-state index >= 15 is 0 Å². The van der Waals surface area contributed by atoms with E-state index in [0.717, 1.165) is 18.8 Å². The summed E-state index contributed by atoms with van der Waals surface area (Å²) in [6.45, 7) is 4.09. The summed E-state index contributed by atoms with van der Waals surface area (Å²) in [4.78, 5) is 50.9. The Balaban J connectivity index is 0.000000730. The number of nitrogens with one attached hydrogen (secondary N) is 3. The first-order valence-corrected chi connectivity index (χ1v) is 12.7. The van der Waals surface area contributed by atoms with Gasteiger partial charge in [0, 0.05) is 30.9 Å². The number of carbonyl (C=O) groups is 3. The lowest BCUT2D eigenvalue weighted by molar-refractivity contribution is -0.123. The minimum absolute atomic E-state index is 0.0919. The van der Waals surface area contributed by atoms with Gasteiger partial charge in [-0.3, -0.25) is 19.2 Å². The third-order valence-corrected chi connectivity index (χ3v) is 6.46. The van der Waals surface area contributed by atoms with E-state index in [1.807, 2.05) is 6.07 Å². The first-order valence-electron chi connectivity index (χ1n) is 12.7. The molecule has 0 saturated heterocycles. The molecule has 2 aromatic rings. The quantitative estimate of drug-likeness (QED) is 0.500. The molecule has 3 N–H and O–H groups in total. The highest BCUT2D eigenvalue weighted by atomic mass is 16.5. The molecule has 3 amide bonds. The summed E-state index contributed by atoms with van der Waals surface area (Å²) in [7, 11) is 1.74. The van der Waals surface area contributed by atoms with Gasteiger partial charge in [-0.05, 0) is 37.8 Å². The van der Waals surface area contributed by atoms with Gasteiger partial charge in [0.25, 0.3) is 11.5 Å². The van der Waals surface area contributed by atoms with Gasteiger partial charge in [-0.2, -0.15) is 0 Å². The third kappa shape index (κ3) is 7.34. The average Bonchev–Trinajstić information content (AvgIpc) is 3.80. The fourth-order valence-corrected chi connectivity index (χ4v) is 3.84. The third-order valence-electron chi connectivity index (χ3n) is 6.46. The predicted octanol–water partition coefficient (Wildman–Crippen LogP) is 1.94. The van der Waals surface area contributed by atoms with Crippen LogP contribution in [0.5, 0.6) is 5.75 Å². The lowest BCUT2D eigenvalue weighted by atomic mass is 10.2. The lowest BCUT2D eigenvalue weighted by Gasteiger charge is -2.28. The number of pyridine rings is 1. The molecule has 10 heteroatoms. The summed E-state index contributed by atoms with van der Waals surface area (Å²) in [5.74, 6) is 0.786.